The number of primary amides is 1. The number of piperazine rings is 1. The molecule has 2 aromatic rings. The van der Waals surface area contributed by atoms with Crippen LogP contribution in [0.2, 0.25) is 0 Å². The number of amides is 4. The Hall–Kier alpha value is -5.95. The summed E-state index contributed by atoms with van der Waals surface area (Å²) in [7, 11) is 3.24. The molecule has 2 aromatic carbocycles. The number of fused-ring (bicyclic) bond motifs is 6. The number of nitrogens with one attached hydrogen (secondary N) is 3. The molecule has 4 aliphatic rings. The van der Waals surface area contributed by atoms with E-state index in [4.69, 9.17) is 20.9 Å². The molecular formula is C49H65N7O11. The zero-order valence-corrected chi connectivity index (χ0v) is 39.6. The number of urea groups is 1. The number of phenols is 1. The van der Waals surface area contributed by atoms with E-state index in [9.17, 15) is 43.8 Å². The molecule has 6 rings (SSSR count). The van der Waals surface area contributed by atoms with Gasteiger partial charge in [0.05, 0.1) is 43.7 Å². The lowest BCUT2D eigenvalue weighted by atomic mass is 9.70. The Morgan fingerprint density at radius 3 is 2.24 bits per heavy atom. The Kier molecular flexibility index (Phi) is 15.8. The minimum atomic E-state index is -1.10. The van der Waals surface area contributed by atoms with Gasteiger partial charge in [-0.15, -0.1) is 0 Å². The van der Waals surface area contributed by atoms with Crippen molar-refractivity contribution in [3.05, 3.63) is 86.2 Å². The largest absolute Gasteiger partial charge is 0.508 e. The number of aromatic hydroxyl groups is 1. The highest BCUT2D eigenvalue weighted by Gasteiger charge is 2.57. The van der Waals surface area contributed by atoms with Gasteiger partial charge in [-0.25, -0.2) is 4.79 Å². The second-order valence-corrected chi connectivity index (χ2v) is 18.7. The number of ketones is 3. The average Bonchev–Trinajstić information content (AvgIpc) is 3.28. The van der Waals surface area contributed by atoms with Crippen molar-refractivity contribution in [2.45, 2.75) is 129 Å². The Labute approximate surface area is 390 Å². The lowest BCUT2D eigenvalue weighted by molar-refractivity contribution is -0.167. The molecule has 1 saturated heterocycles. The van der Waals surface area contributed by atoms with E-state index in [-0.39, 0.29) is 91.6 Å². The second-order valence-electron chi connectivity index (χ2n) is 18.7. The number of phenolic OH excluding ortho intramolecular Hbond substituents is 1. The molecular weight excluding hydrogens is 863 g/mol. The number of likely N-dealkylation sites (N-methyl/N-ethyl adjacent to an activating group) is 1. The summed E-state index contributed by atoms with van der Waals surface area (Å²) in [6.45, 7) is 10.5. The second kappa shape index (κ2) is 20.9. The van der Waals surface area contributed by atoms with Gasteiger partial charge in [0.1, 0.15) is 18.6 Å². The SMILES string of the molecule is COC1=C(C)C(=O)C2=C(C1=O)[C@H](CNC(=O)[C@H](C)CC(=O)OCc1ccc(CC(=O)[C@H](CCCNC(N)=O)NC(=O)[C@@H](N)C(C)C)cc1)N1[C@@H](O)[C@@H]3Cc4c(cc(O)c(C)c4C)[C@@H]([C@@H]1C2)N3C. The summed E-state index contributed by atoms with van der Waals surface area (Å²) < 4.78 is 11.0. The van der Waals surface area contributed by atoms with E-state index < -0.39 is 72.0 Å². The molecule has 9 N–H and O–H groups in total. The van der Waals surface area contributed by atoms with Crippen molar-refractivity contribution in [3.8, 4) is 5.75 Å². The van der Waals surface area contributed by atoms with Gasteiger partial charge in [0.25, 0.3) is 0 Å². The van der Waals surface area contributed by atoms with Gasteiger partial charge < -0.3 is 47.1 Å². The number of Topliss-reactive ketones (excluding diaryl/α,β-unsaturated/α-hetero) is 3. The zero-order chi connectivity index (χ0) is 49.2. The lowest BCUT2D eigenvalue weighted by Crippen LogP contribution is -2.71. The maximum atomic E-state index is 14.2. The Bertz CT molecular complexity index is 2380. The first-order chi connectivity index (χ1) is 31.7. The molecule has 2 bridgehead atoms. The van der Waals surface area contributed by atoms with Crippen LogP contribution < -0.4 is 27.4 Å². The predicted octanol–water partition coefficient (Wildman–Crippen LogP) is 1.96. The van der Waals surface area contributed by atoms with Gasteiger partial charge in [0.15, 0.2) is 17.3 Å². The number of nitrogens with zero attached hydrogens (tertiary/aromatic N) is 2. The first kappa shape index (κ1) is 50.5. The molecule has 0 saturated carbocycles. The van der Waals surface area contributed by atoms with E-state index in [1.807, 2.05) is 25.8 Å². The van der Waals surface area contributed by atoms with Crippen LogP contribution in [0.25, 0.3) is 0 Å². The number of esters is 1. The van der Waals surface area contributed by atoms with Crippen LogP contribution in [0.4, 0.5) is 4.79 Å². The monoisotopic (exact) mass is 927 g/mol. The van der Waals surface area contributed by atoms with E-state index in [2.05, 4.69) is 20.9 Å². The zero-order valence-electron chi connectivity index (χ0n) is 39.6. The van der Waals surface area contributed by atoms with Gasteiger partial charge in [-0.05, 0) is 98.9 Å². The number of rotatable bonds is 18. The van der Waals surface area contributed by atoms with Crippen LogP contribution in [-0.2, 0) is 57.7 Å². The topological polar surface area (TPSA) is 273 Å². The summed E-state index contributed by atoms with van der Waals surface area (Å²) in [6.07, 6.45) is -0.111. The number of ether oxygens (including phenoxy) is 2. The van der Waals surface area contributed by atoms with Crippen molar-refractivity contribution in [2.75, 3.05) is 27.2 Å². The molecule has 3 aliphatic heterocycles. The summed E-state index contributed by atoms with van der Waals surface area (Å²) in [5, 5.41) is 31.3. The van der Waals surface area contributed by atoms with Crippen molar-refractivity contribution in [3.63, 3.8) is 0 Å². The van der Waals surface area contributed by atoms with Gasteiger partial charge >= 0.3 is 12.0 Å². The van der Waals surface area contributed by atoms with E-state index >= 15 is 0 Å². The number of carbonyl (C=O) groups excluding carboxylic acids is 7. The molecule has 362 valence electrons. The molecule has 0 spiro atoms. The molecule has 1 fully saturated rings. The third kappa shape index (κ3) is 10.5. The minimum Gasteiger partial charge on any atom is -0.508 e. The molecule has 0 radical (unpaired) electrons. The summed E-state index contributed by atoms with van der Waals surface area (Å²) in [4.78, 5) is 96.0. The van der Waals surface area contributed by atoms with Gasteiger partial charge in [0, 0.05) is 48.2 Å². The van der Waals surface area contributed by atoms with Crippen LogP contribution >= 0.6 is 0 Å². The standard InChI is InChI=1S/C49H65N7O11/c1-23(2)41(50)47(63)54-33(10-9-15-52-49(51)65)38(58)17-28-11-13-29(14-12-28)22-67-39(59)16-24(3)46(62)53-21-36-40-32(43(60)27(6)45(66-8)44(40)61)19-34-42-31-20-37(57)26(5)25(4)30(31)18-35(55(42)7)48(64)56(34)36/h11-14,20,23-24,33-36,41-42,48,57,64H,9-10,15-19,21-22,50H2,1-8H3,(H,53,62)(H,54,63)(H3,51,52,65)/t24-,33+,34+,35+,36+,41+,42+,48+/m1/s1. The summed E-state index contributed by atoms with van der Waals surface area (Å²) >= 11 is 0. The average molecular weight is 928 g/mol. The number of benzene rings is 2. The highest BCUT2D eigenvalue weighted by Crippen LogP contribution is 2.51. The number of allylic oxidation sites excluding steroid dienone is 2. The van der Waals surface area contributed by atoms with E-state index in [0.29, 0.717) is 29.5 Å². The van der Waals surface area contributed by atoms with E-state index in [1.165, 1.54) is 7.11 Å². The maximum absolute atomic E-state index is 14.2. The third-order valence-corrected chi connectivity index (χ3v) is 14.1. The number of hydrogen-bond acceptors (Lipinski definition) is 14. The number of aliphatic hydroxyl groups excluding tert-OH is 1. The van der Waals surface area contributed by atoms with Crippen LogP contribution in [0.1, 0.15) is 92.8 Å². The maximum Gasteiger partial charge on any atom is 0.312 e. The Morgan fingerprint density at radius 1 is 0.925 bits per heavy atom. The van der Waals surface area contributed by atoms with E-state index in [0.717, 1.165) is 22.3 Å². The fraction of sp³-hybridized carbons (Fsp3) is 0.531. The molecule has 18 nitrogen and oxygen atoms in total. The molecule has 4 amide bonds. The molecule has 3 heterocycles. The van der Waals surface area contributed by atoms with Crippen molar-refractivity contribution < 1.29 is 53.2 Å². The minimum absolute atomic E-state index is 0.000863. The lowest BCUT2D eigenvalue weighted by Gasteiger charge is -2.60. The van der Waals surface area contributed by atoms with Gasteiger partial charge in [-0.1, -0.05) is 45.0 Å². The Morgan fingerprint density at radius 2 is 1.60 bits per heavy atom. The molecule has 1 aliphatic carbocycles. The predicted molar refractivity (Wildman–Crippen MR) is 246 cm³/mol. The summed E-state index contributed by atoms with van der Waals surface area (Å²) in [5.41, 5.74) is 16.7. The van der Waals surface area contributed by atoms with Gasteiger partial charge in [-0.2, -0.15) is 0 Å². The van der Waals surface area contributed by atoms with Crippen molar-refractivity contribution in [2.24, 2.45) is 23.3 Å². The molecule has 67 heavy (non-hydrogen) atoms. The number of aliphatic hydroxyl groups is 1. The van der Waals surface area contributed by atoms with Crippen LogP contribution in [0.5, 0.6) is 5.75 Å². The molecule has 0 unspecified atom stereocenters. The summed E-state index contributed by atoms with van der Waals surface area (Å²) in [5.74, 6) is -3.62. The normalized spacial score (nSPS) is 22.8. The van der Waals surface area contributed by atoms with Crippen LogP contribution in [-0.4, -0.2) is 125 Å². The first-order valence-corrected chi connectivity index (χ1v) is 22.9. The van der Waals surface area contributed by atoms with Gasteiger partial charge in [-0.3, -0.25) is 38.6 Å². The van der Waals surface area contributed by atoms with Gasteiger partial charge in [0.2, 0.25) is 17.6 Å². The number of nitrogens with two attached hydrogens (primary N) is 2. The Balaban J connectivity index is 1.10. The number of carbonyl (C=O) groups is 7. The quantitative estimate of drug-likeness (QED) is 0.0640. The number of methoxy groups -OCH3 is 1. The smallest absolute Gasteiger partial charge is 0.312 e. The van der Waals surface area contributed by atoms with Crippen LogP contribution in [0.3, 0.4) is 0 Å². The van der Waals surface area contributed by atoms with Crippen molar-refractivity contribution in [1.82, 2.24) is 25.8 Å². The highest BCUT2D eigenvalue weighted by molar-refractivity contribution is 6.25. The molecule has 18 heteroatoms. The first-order valence-electron chi connectivity index (χ1n) is 22.9. The molecule has 0 aromatic heterocycles. The van der Waals surface area contributed by atoms with Crippen LogP contribution in [0.15, 0.2) is 52.8 Å². The van der Waals surface area contributed by atoms with Crippen molar-refractivity contribution in [1.29, 1.82) is 0 Å². The molecule has 8 atom stereocenters. The van der Waals surface area contributed by atoms with E-state index in [1.54, 1.807) is 58.0 Å². The van der Waals surface area contributed by atoms with Crippen molar-refractivity contribution >= 4 is 41.2 Å². The fourth-order valence-electron chi connectivity index (χ4n) is 9.94. The number of hydrogen-bond donors (Lipinski definition) is 7. The third-order valence-electron chi connectivity index (χ3n) is 14.1. The fourth-order valence-corrected chi connectivity index (χ4v) is 9.94. The van der Waals surface area contributed by atoms with Crippen LogP contribution in [0, 0.1) is 25.7 Å². The summed E-state index contributed by atoms with van der Waals surface area (Å²) in [6, 6.07) is 4.04. The highest BCUT2D eigenvalue weighted by atomic mass is 16.5.